The molecule has 0 spiro atoms. The van der Waals surface area contributed by atoms with Crippen LogP contribution in [0.15, 0.2) is 6.07 Å². The minimum absolute atomic E-state index is 0.433. The van der Waals surface area contributed by atoms with E-state index in [-0.39, 0.29) is 0 Å². The molecule has 5 nitrogen and oxygen atoms in total. The van der Waals surface area contributed by atoms with Crippen LogP contribution in [0.3, 0.4) is 0 Å². The molecular weight excluding hydrogens is 194 g/mol. The zero-order valence-electron chi connectivity index (χ0n) is 9.06. The number of aromatic nitrogens is 2. The highest BCUT2D eigenvalue weighted by Crippen LogP contribution is 2.17. The lowest BCUT2D eigenvalue weighted by Crippen LogP contribution is -2.19. The molecule has 1 saturated heterocycles. The predicted molar refractivity (Wildman–Crippen MR) is 55.4 cm³/mol. The number of hydroxylamine groups is 1. The van der Waals surface area contributed by atoms with Gasteiger partial charge in [-0.3, -0.25) is 4.84 Å². The summed E-state index contributed by atoms with van der Waals surface area (Å²) in [6.45, 7) is 4.04. The highest BCUT2D eigenvalue weighted by atomic mass is 16.7. The summed E-state index contributed by atoms with van der Waals surface area (Å²) in [4.78, 5) is 14.1. The van der Waals surface area contributed by atoms with Gasteiger partial charge in [-0.1, -0.05) is 0 Å². The Bertz CT molecular complexity index is 337. The van der Waals surface area contributed by atoms with E-state index >= 15 is 0 Å². The second-order valence-corrected chi connectivity index (χ2v) is 3.51. The van der Waals surface area contributed by atoms with Crippen LogP contribution in [0.5, 0.6) is 0 Å². The molecule has 1 aromatic rings. The van der Waals surface area contributed by atoms with Gasteiger partial charge in [0.15, 0.2) is 11.6 Å². The summed E-state index contributed by atoms with van der Waals surface area (Å²) in [6, 6.07) is 1.92. The van der Waals surface area contributed by atoms with Crippen LogP contribution in [0, 0.1) is 6.92 Å². The van der Waals surface area contributed by atoms with Crippen LogP contribution in [0.25, 0.3) is 0 Å². The van der Waals surface area contributed by atoms with Crippen molar-refractivity contribution in [2.24, 2.45) is 0 Å². The normalized spacial score (nSPS) is 16.0. The number of methoxy groups -OCH3 is 1. The second-order valence-electron chi connectivity index (χ2n) is 3.51. The fourth-order valence-electron chi connectivity index (χ4n) is 1.56. The van der Waals surface area contributed by atoms with Gasteiger partial charge in [-0.05, 0) is 13.3 Å². The SMILES string of the molecule is COCc1nc(C)cc(N2CCCO2)n1. The topological polar surface area (TPSA) is 47.5 Å². The van der Waals surface area contributed by atoms with Gasteiger partial charge in [-0.2, -0.15) is 0 Å². The fraction of sp³-hybridized carbons (Fsp3) is 0.600. The Hall–Kier alpha value is -1.20. The molecule has 2 heterocycles. The molecule has 0 saturated carbocycles. The Morgan fingerprint density at radius 3 is 3.07 bits per heavy atom. The van der Waals surface area contributed by atoms with E-state index in [4.69, 9.17) is 9.57 Å². The number of hydrogen-bond acceptors (Lipinski definition) is 5. The summed E-state index contributed by atoms with van der Waals surface area (Å²) in [6.07, 6.45) is 1.04. The number of hydrogen-bond donors (Lipinski definition) is 0. The van der Waals surface area contributed by atoms with Crippen molar-refractivity contribution in [1.82, 2.24) is 9.97 Å². The van der Waals surface area contributed by atoms with Crippen LogP contribution in [-0.4, -0.2) is 30.2 Å². The third-order valence-electron chi connectivity index (χ3n) is 2.17. The average Bonchev–Trinajstić information content (AvgIpc) is 2.70. The van der Waals surface area contributed by atoms with Gasteiger partial charge in [-0.15, -0.1) is 0 Å². The quantitative estimate of drug-likeness (QED) is 0.745. The first-order valence-corrected chi connectivity index (χ1v) is 5.03. The first-order chi connectivity index (χ1) is 7.29. The molecule has 5 heteroatoms. The Morgan fingerprint density at radius 1 is 1.53 bits per heavy atom. The van der Waals surface area contributed by atoms with E-state index in [1.54, 1.807) is 7.11 Å². The van der Waals surface area contributed by atoms with Gasteiger partial charge >= 0.3 is 0 Å². The molecule has 1 aromatic heterocycles. The van der Waals surface area contributed by atoms with Gasteiger partial charge in [0.05, 0.1) is 6.61 Å². The largest absolute Gasteiger partial charge is 0.377 e. The lowest BCUT2D eigenvalue weighted by molar-refractivity contribution is 0.163. The molecule has 2 rings (SSSR count). The maximum Gasteiger partial charge on any atom is 0.156 e. The van der Waals surface area contributed by atoms with Crippen LogP contribution in [0.1, 0.15) is 17.9 Å². The number of aryl methyl sites for hydroxylation is 1. The van der Waals surface area contributed by atoms with Crippen molar-refractivity contribution >= 4 is 5.82 Å². The van der Waals surface area contributed by atoms with Gasteiger partial charge in [0.1, 0.15) is 6.61 Å². The van der Waals surface area contributed by atoms with Crippen LogP contribution in [0.2, 0.25) is 0 Å². The van der Waals surface area contributed by atoms with Crippen molar-refractivity contribution in [3.63, 3.8) is 0 Å². The number of nitrogens with zero attached hydrogens (tertiary/aromatic N) is 3. The summed E-state index contributed by atoms with van der Waals surface area (Å²) in [7, 11) is 1.64. The lowest BCUT2D eigenvalue weighted by atomic mass is 10.4. The minimum atomic E-state index is 0.433. The van der Waals surface area contributed by atoms with Gasteiger partial charge in [-0.25, -0.2) is 15.0 Å². The van der Waals surface area contributed by atoms with Crippen molar-refractivity contribution in [1.29, 1.82) is 0 Å². The monoisotopic (exact) mass is 209 g/mol. The summed E-state index contributed by atoms with van der Waals surface area (Å²) in [5.41, 5.74) is 0.933. The van der Waals surface area contributed by atoms with E-state index in [0.717, 1.165) is 31.1 Å². The van der Waals surface area contributed by atoms with E-state index in [1.807, 2.05) is 18.1 Å². The maximum absolute atomic E-state index is 5.43. The van der Waals surface area contributed by atoms with E-state index in [2.05, 4.69) is 9.97 Å². The van der Waals surface area contributed by atoms with Crippen molar-refractivity contribution in [2.75, 3.05) is 25.3 Å². The standard InChI is InChI=1S/C10H15N3O2/c1-8-6-10(13-4-3-5-15-13)12-9(11-8)7-14-2/h6H,3-5,7H2,1-2H3. The second kappa shape index (κ2) is 4.55. The summed E-state index contributed by atoms with van der Waals surface area (Å²) in [5.74, 6) is 1.52. The molecule has 0 amide bonds. The third-order valence-corrected chi connectivity index (χ3v) is 2.17. The van der Waals surface area contributed by atoms with Crippen molar-refractivity contribution in [3.05, 3.63) is 17.6 Å². The summed E-state index contributed by atoms with van der Waals surface area (Å²) >= 11 is 0. The van der Waals surface area contributed by atoms with E-state index < -0.39 is 0 Å². The Labute approximate surface area is 89.0 Å². The smallest absolute Gasteiger partial charge is 0.156 e. The van der Waals surface area contributed by atoms with Gasteiger partial charge in [0, 0.05) is 25.4 Å². The van der Waals surface area contributed by atoms with Crippen molar-refractivity contribution in [2.45, 2.75) is 20.0 Å². The first-order valence-electron chi connectivity index (χ1n) is 5.03. The highest BCUT2D eigenvalue weighted by molar-refractivity contribution is 5.37. The zero-order chi connectivity index (χ0) is 10.7. The molecular formula is C10H15N3O2. The van der Waals surface area contributed by atoms with E-state index in [9.17, 15) is 0 Å². The average molecular weight is 209 g/mol. The Balaban J connectivity index is 2.22. The molecule has 0 radical (unpaired) electrons. The molecule has 1 aliphatic heterocycles. The molecule has 0 aliphatic carbocycles. The number of ether oxygens (including phenoxy) is 1. The minimum Gasteiger partial charge on any atom is -0.377 e. The molecule has 0 unspecified atom stereocenters. The Kier molecular flexibility index (Phi) is 3.13. The number of rotatable bonds is 3. The predicted octanol–water partition coefficient (Wildman–Crippen LogP) is 1.07. The number of anilines is 1. The van der Waals surface area contributed by atoms with E-state index in [1.165, 1.54) is 0 Å². The first kappa shape index (κ1) is 10.3. The Morgan fingerprint density at radius 2 is 2.40 bits per heavy atom. The van der Waals surface area contributed by atoms with Crippen LogP contribution < -0.4 is 5.06 Å². The molecule has 0 atom stereocenters. The van der Waals surface area contributed by atoms with Crippen molar-refractivity contribution in [3.8, 4) is 0 Å². The zero-order valence-corrected chi connectivity index (χ0v) is 9.06. The molecule has 0 aromatic carbocycles. The van der Waals surface area contributed by atoms with Crippen LogP contribution in [-0.2, 0) is 16.2 Å². The van der Waals surface area contributed by atoms with E-state index in [0.29, 0.717) is 12.4 Å². The van der Waals surface area contributed by atoms with Crippen LogP contribution in [0.4, 0.5) is 5.82 Å². The lowest BCUT2D eigenvalue weighted by Gasteiger charge is -2.15. The molecule has 15 heavy (non-hydrogen) atoms. The van der Waals surface area contributed by atoms with Crippen LogP contribution >= 0.6 is 0 Å². The molecule has 1 aliphatic rings. The molecule has 1 fully saturated rings. The summed E-state index contributed by atoms with van der Waals surface area (Å²) in [5, 5.41) is 1.81. The maximum atomic E-state index is 5.43. The van der Waals surface area contributed by atoms with Crippen molar-refractivity contribution < 1.29 is 9.57 Å². The highest BCUT2D eigenvalue weighted by Gasteiger charge is 2.15. The fourth-order valence-corrected chi connectivity index (χ4v) is 1.56. The van der Waals surface area contributed by atoms with Gasteiger partial charge in [0.25, 0.3) is 0 Å². The third kappa shape index (κ3) is 2.43. The van der Waals surface area contributed by atoms with Gasteiger partial charge in [0.2, 0.25) is 0 Å². The molecule has 0 N–H and O–H groups in total. The molecule has 0 bridgehead atoms. The summed E-state index contributed by atoms with van der Waals surface area (Å²) < 4.78 is 5.02. The molecule has 82 valence electrons. The van der Waals surface area contributed by atoms with Gasteiger partial charge < -0.3 is 4.74 Å².